The lowest BCUT2D eigenvalue weighted by atomic mass is 10.6. The zero-order valence-electron chi connectivity index (χ0n) is 10.8. The molecule has 0 atom stereocenters. The molecule has 0 saturated heterocycles. The van der Waals surface area contributed by atoms with E-state index in [2.05, 4.69) is 0 Å². The summed E-state index contributed by atoms with van der Waals surface area (Å²) < 4.78 is 8.88. The minimum atomic E-state index is -4.64. The molecule has 0 aliphatic rings. The summed E-state index contributed by atoms with van der Waals surface area (Å²) in [6, 6.07) is 0. The predicted octanol–water partition coefficient (Wildman–Crippen LogP) is -1.85. The van der Waals surface area contributed by atoms with E-state index in [-0.39, 0.29) is 13.2 Å². The van der Waals surface area contributed by atoms with Crippen molar-refractivity contribution in [3.05, 3.63) is 0 Å². The van der Waals surface area contributed by atoms with Gasteiger partial charge >= 0.3 is 7.82 Å². The summed E-state index contributed by atoms with van der Waals surface area (Å²) in [6.45, 7) is 2.04. The first-order chi connectivity index (χ1) is 7.54. The third-order valence-corrected chi connectivity index (χ3v) is 1.09. The van der Waals surface area contributed by atoms with Gasteiger partial charge < -0.3 is 34.7 Å². The SMILES string of the molecule is CN(C)CCO.CN(C)CCO.O=P(O)(O)O. The Balaban J connectivity index is -0.000000174. The largest absolute Gasteiger partial charge is 0.466 e. The van der Waals surface area contributed by atoms with Crippen LogP contribution in [0, 0.1) is 0 Å². The monoisotopic (exact) mass is 276 g/mol. The van der Waals surface area contributed by atoms with E-state index in [1.807, 2.05) is 38.0 Å². The summed E-state index contributed by atoms with van der Waals surface area (Å²) in [5.41, 5.74) is 0. The van der Waals surface area contributed by atoms with Gasteiger partial charge in [-0.2, -0.15) is 0 Å². The van der Waals surface area contributed by atoms with Crippen LogP contribution in [0.4, 0.5) is 0 Å². The Morgan fingerprint density at radius 1 is 0.824 bits per heavy atom. The second kappa shape index (κ2) is 14.0. The van der Waals surface area contributed by atoms with Crippen LogP contribution in [0.2, 0.25) is 0 Å². The highest BCUT2D eigenvalue weighted by Gasteiger charge is 2.00. The lowest BCUT2D eigenvalue weighted by Crippen LogP contribution is -2.15. The highest BCUT2D eigenvalue weighted by atomic mass is 31.2. The number of rotatable bonds is 4. The fourth-order valence-corrected chi connectivity index (χ4v) is 0.400. The molecule has 8 nitrogen and oxygen atoms in total. The maximum atomic E-state index is 8.88. The lowest BCUT2D eigenvalue weighted by molar-refractivity contribution is 0.242. The molecule has 0 radical (unpaired) electrons. The fourth-order valence-electron chi connectivity index (χ4n) is 0.400. The molecule has 108 valence electrons. The van der Waals surface area contributed by atoms with Crippen molar-refractivity contribution < 1.29 is 29.5 Å². The molecule has 9 heteroatoms. The van der Waals surface area contributed by atoms with Crippen LogP contribution in [0.15, 0.2) is 0 Å². The van der Waals surface area contributed by atoms with Gasteiger partial charge in [0.2, 0.25) is 0 Å². The zero-order chi connectivity index (χ0) is 14.5. The van der Waals surface area contributed by atoms with E-state index in [0.29, 0.717) is 0 Å². The topological polar surface area (TPSA) is 125 Å². The van der Waals surface area contributed by atoms with Crippen LogP contribution in [0.5, 0.6) is 0 Å². The second-order valence-corrected chi connectivity index (χ2v) is 4.59. The Bertz CT molecular complexity index is 167. The van der Waals surface area contributed by atoms with E-state index < -0.39 is 7.82 Å². The molecule has 17 heavy (non-hydrogen) atoms. The average molecular weight is 276 g/mol. The first-order valence-corrected chi connectivity index (χ1v) is 6.40. The third kappa shape index (κ3) is 87.7. The van der Waals surface area contributed by atoms with E-state index in [4.69, 9.17) is 29.5 Å². The van der Waals surface area contributed by atoms with Crippen molar-refractivity contribution in [2.45, 2.75) is 0 Å². The van der Waals surface area contributed by atoms with Gasteiger partial charge in [0.1, 0.15) is 0 Å². The summed E-state index contributed by atoms with van der Waals surface area (Å²) in [7, 11) is 3.07. The van der Waals surface area contributed by atoms with Crippen LogP contribution in [0.3, 0.4) is 0 Å². The van der Waals surface area contributed by atoms with Crippen molar-refractivity contribution in [3.8, 4) is 0 Å². The third-order valence-electron chi connectivity index (χ3n) is 1.09. The Labute approximate surface area is 102 Å². The molecular weight excluding hydrogens is 251 g/mol. The van der Waals surface area contributed by atoms with Crippen molar-refractivity contribution in [2.24, 2.45) is 0 Å². The number of phosphoric acid groups is 1. The summed E-state index contributed by atoms with van der Waals surface area (Å²) in [6.07, 6.45) is 0. The second-order valence-electron chi connectivity index (χ2n) is 3.57. The number of aliphatic hydroxyl groups excluding tert-OH is 2. The maximum Gasteiger partial charge on any atom is 0.466 e. The number of likely N-dealkylation sites (N-methyl/N-ethyl adjacent to an activating group) is 2. The Hall–Kier alpha value is -0.0500. The standard InChI is InChI=1S/2C4H11NO.H3O4P/c2*1-5(2)3-4-6;1-5(2,3)4/h2*6H,3-4H2,1-2H3;(H3,1,2,3,4). The summed E-state index contributed by atoms with van der Waals surface area (Å²) in [5.74, 6) is 0. The van der Waals surface area contributed by atoms with E-state index in [1.165, 1.54) is 0 Å². The molecule has 0 amide bonds. The van der Waals surface area contributed by atoms with Gasteiger partial charge in [-0.3, -0.25) is 0 Å². The molecule has 0 heterocycles. The number of hydrogen-bond acceptors (Lipinski definition) is 5. The maximum absolute atomic E-state index is 8.88. The molecule has 0 unspecified atom stereocenters. The van der Waals surface area contributed by atoms with Crippen LogP contribution in [0.1, 0.15) is 0 Å². The fraction of sp³-hybridized carbons (Fsp3) is 1.00. The van der Waals surface area contributed by atoms with E-state index >= 15 is 0 Å². The van der Waals surface area contributed by atoms with Gasteiger partial charge in [-0.25, -0.2) is 4.57 Å². The van der Waals surface area contributed by atoms with Crippen LogP contribution < -0.4 is 0 Å². The van der Waals surface area contributed by atoms with Gasteiger partial charge in [0.25, 0.3) is 0 Å². The van der Waals surface area contributed by atoms with E-state index in [0.717, 1.165) is 13.1 Å². The Kier molecular flexibility index (Phi) is 18.3. The van der Waals surface area contributed by atoms with Crippen molar-refractivity contribution in [3.63, 3.8) is 0 Å². The van der Waals surface area contributed by atoms with Gasteiger partial charge in [-0.1, -0.05) is 0 Å². The Morgan fingerprint density at radius 3 is 1.00 bits per heavy atom. The predicted molar refractivity (Wildman–Crippen MR) is 65.5 cm³/mol. The summed E-state index contributed by atoms with van der Waals surface area (Å²) in [4.78, 5) is 25.4. The van der Waals surface area contributed by atoms with Crippen LogP contribution in [-0.2, 0) is 4.57 Å². The smallest absolute Gasteiger partial charge is 0.395 e. The van der Waals surface area contributed by atoms with Crippen LogP contribution in [0.25, 0.3) is 0 Å². The lowest BCUT2D eigenvalue weighted by Gasteiger charge is -2.03. The molecule has 0 aromatic heterocycles. The van der Waals surface area contributed by atoms with Crippen molar-refractivity contribution in [1.29, 1.82) is 0 Å². The van der Waals surface area contributed by atoms with Gasteiger partial charge in [-0.15, -0.1) is 0 Å². The molecule has 0 aliphatic carbocycles. The molecule has 0 aliphatic heterocycles. The molecule has 0 rings (SSSR count). The van der Waals surface area contributed by atoms with Crippen LogP contribution in [-0.4, -0.2) is 89.2 Å². The number of nitrogens with zero attached hydrogens (tertiary/aromatic N) is 2. The van der Waals surface area contributed by atoms with Gasteiger partial charge in [0.05, 0.1) is 13.2 Å². The first-order valence-electron chi connectivity index (χ1n) is 4.84. The number of aliphatic hydroxyl groups is 2. The van der Waals surface area contributed by atoms with E-state index in [1.54, 1.807) is 0 Å². The molecular formula is C8H25N2O6P. The molecule has 5 N–H and O–H groups in total. The highest BCUT2D eigenvalue weighted by molar-refractivity contribution is 7.45. The van der Waals surface area contributed by atoms with Crippen molar-refractivity contribution in [1.82, 2.24) is 9.80 Å². The molecule has 0 bridgehead atoms. The highest BCUT2D eigenvalue weighted by Crippen LogP contribution is 2.25. The normalized spacial score (nSPS) is 10.5. The van der Waals surface area contributed by atoms with Gasteiger partial charge in [-0.05, 0) is 28.2 Å². The summed E-state index contributed by atoms with van der Waals surface area (Å²) >= 11 is 0. The quantitative estimate of drug-likeness (QED) is 0.379. The molecule has 0 aromatic rings. The average Bonchev–Trinajstić information content (AvgIpc) is 2.00. The van der Waals surface area contributed by atoms with Crippen molar-refractivity contribution in [2.75, 3.05) is 54.5 Å². The molecule has 0 spiro atoms. The zero-order valence-corrected chi connectivity index (χ0v) is 11.7. The first kappa shape index (κ1) is 22.2. The molecule has 0 fully saturated rings. The van der Waals surface area contributed by atoms with Gasteiger partial charge in [0, 0.05) is 13.1 Å². The van der Waals surface area contributed by atoms with Crippen molar-refractivity contribution >= 4 is 7.82 Å². The molecule has 0 aromatic carbocycles. The number of hydrogen-bond donors (Lipinski definition) is 5. The Morgan fingerprint density at radius 2 is 1.00 bits per heavy atom. The van der Waals surface area contributed by atoms with E-state index in [9.17, 15) is 0 Å². The molecule has 0 saturated carbocycles. The minimum absolute atomic E-state index is 0.257. The summed E-state index contributed by atoms with van der Waals surface area (Å²) in [5, 5.41) is 16.4. The van der Waals surface area contributed by atoms with Crippen LogP contribution >= 0.6 is 7.82 Å². The van der Waals surface area contributed by atoms with Gasteiger partial charge in [0.15, 0.2) is 0 Å². The minimum Gasteiger partial charge on any atom is -0.395 e.